The summed E-state index contributed by atoms with van der Waals surface area (Å²) in [5, 5.41) is 9.83. The smallest absolute Gasteiger partial charge is 0.319 e. The van der Waals surface area contributed by atoms with E-state index in [0.29, 0.717) is 13.1 Å². The Hall–Kier alpha value is -2.22. The highest BCUT2D eigenvalue weighted by Crippen LogP contribution is 2.43. The van der Waals surface area contributed by atoms with E-state index in [-0.39, 0.29) is 36.7 Å². The molecule has 2 atom stereocenters. The molecular weight excluding hydrogens is 354 g/mol. The van der Waals surface area contributed by atoms with Crippen LogP contribution < -0.4 is 0 Å². The minimum absolute atomic E-state index is 0.0561. The minimum Gasteiger partial charge on any atom is -0.481 e. The lowest BCUT2D eigenvalue weighted by molar-refractivity contribution is -0.149. The molecule has 0 spiro atoms. The summed E-state index contributed by atoms with van der Waals surface area (Å²) in [7, 11) is 3.31. The standard InChI is InChI=1S/C18H23N3O4S/c1-19(2)17(25)21-9-13-8-20(11-18(13,12-21)16(23)24)15(22)10-26-14-6-4-3-5-7-14/h3-7,13H,8-12H2,1-2H3,(H,23,24)/t13-,18-/m1/s1. The molecule has 0 aliphatic carbocycles. The minimum atomic E-state index is -1.06. The number of likely N-dealkylation sites (tertiary alicyclic amines) is 2. The second-order valence-electron chi connectivity index (χ2n) is 7.09. The van der Waals surface area contributed by atoms with E-state index >= 15 is 0 Å². The number of thioether (sulfide) groups is 1. The molecule has 0 unspecified atom stereocenters. The van der Waals surface area contributed by atoms with Crippen LogP contribution in [0.2, 0.25) is 0 Å². The molecule has 0 radical (unpaired) electrons. The molecule has 1 aromatic rings. The van der Waals surface area contributed by atoms with Crippen molar-refractivity contribution in [2.45, 2.75) is 4.90 Å². The van der Waals surface area contributed by atoms with Crippen molar-refractivity contribution in [3.8, 4) is 0 Å². The van der Waals surface area contributed by atoms with Crippen molar-refractivity contribution in [2.75, 3.05) is 46.0 Å². The van der Waals surface area contributed by atoms with Gasteiger partial charge in [-0.05, 0) is 12.1 Å². The molecule has 8 heteroatoms. The monoisotopic (exact) mass is 377 g/mol. The van der Waals surface area contributed by atoms with Crippen LogP contribution in [0.1, 0.15) is 0 Å². The molecule has 3 rings (SSSR count). The third kappa shape index (κ3) is 3.38. The maximum Gasteiger partial charge on any atom is 0.319 e. The maximum absolute atomic E-state index is 12.6. The molecule has 2 saturated heterocycles. The summed E-state index contributed by atoms with van der Waals surface area (Å²) < 4.78 is 0. The lowest BCUT2D eigenvalue weighted by Gasteiger charge is -2.27. The average Bonchev–Trinajstić information content (AvgIpc) is 3.15. The van der Waals surface area contributed by atoms with Crippen molar-refractivity contribution in [1.29, 1.82) is 0 Å². The van der Waals surface area contributed by atoms with Gasteiger partial charge in [0.2, 0.25) is 5.91 Å². The number of carbonyl (C=O) groups is 3. The molecule has 26 heavy (non-hydrogen) atoms. The third-order valence-electron chi connectivity index (χ3n) is 5.15. The summed E-state index contributed by atoms with van der Waals surface area (Å²) in [6, 6.07) is 9.47. The molecule has 0 aromatic heterocycles. The molecule has 1 aromatic carbocycles. The first-order chi connectivity index (χ1) is 12.3. The summed E-state index contributed by atoms with van der Waals surface area (Å²) in [4.78, 5) is 42.4. The van der Waals surface area contributed by atoms with Crippen LogP contribution in [0.3, 0.4) is 0 Å². The number of benzene rings is 1. The van der Waals surface area contributed by atoms with Gasteiger partial charge in [0.25, 0.3) is 0 Å². The van der Waals surface area contributed by atoms with Crippen molar-refractivity contribution < 1.29 is 19.5 Å². The van der Waals surface area contributed by atoms with Crippen molar-refractivity contribution in [3.63, 3.8) is 0 Å². The largest absolute Gasteiger partial charge is 0.481 e. The van der Waals surface area contributed by atoms with Gasteiger partial charge in [-0.25, -0.2) is 4.79 Å². The molecule has 0 bridgehead atoms. The molecule has 140 valence electrons. The van der Waals surface area contributed by atoms with E-state index < -0.39 is 11.4 Å². The molecule has 3 amide bonds. The van der Waals surface area contributed by atoms with E-state index in [1.807, 2.05) is 30.3 Å². The van der Waals surface area contributed by atoms with Gasteiger partial charge in [0.05, 0.1) is 5.75 Å². The normalized spacial score (nSPS) is 24.5. The fourth-order valence-electron chi connectivity index (χ4n) is 3.74. The van der Waals surface area contributed by atoms with Crippen molar-refractivity contribution >= 4 is 29.7 Å². The van der Waals surface area contributed by atoms with Crippen LogP contribution in [0, 0.1) is 11.3 Å². The second kappa shape index (κ2) is 7.19. The lowest BCUT2D eigenvalue weighted by atomic mass is 9.81. The zero-order chi connectivity index (χ0) is 18.9. The summed E-state index contributed by atoms with van der Waals surface area (Å²) in [6.07, 6.45) is 0. The van der Waals surface area contributed by atoms with Crippen LogP contribution in [-0.2, 0) is 9.59 Å². The number of hydrogen-bond acceptors (Lipinski definition) is 4. The number of carbonyl (C=O) groups excluding carboxylic acids is 2. The predicted molar refractivity (Wildman–Crippen MR) is 98.0 cm³/mol. The van der Waals surface area contributed by atoms with E-state index in [1.54, 1.807) is 23.9 Å². The van der Waals surface area contributed by atoms with Crippen molar-refractivity contribution in [1.82, 2.24) is 14.7 Å². The zero-order valence-corrected chi connectivity index (χ0v) is 15.7. The Labute approximate surface area is 156 Å². The first-order valence-corrected chi connectivity index (χ1v) is 9.47. The molecule has 7 nitrogen and oxygen atoms in total. The SMILES string of the molecule is CN(C)C(=O)N1C[C@H]2CN(C(=O)CSc3ccccc3)C[C@@]2(C(=O)O)C1. The fourth-order valence-corrected chi connectivity index (χ4v) is 4.56. The Morgan fingerprint density at radius 2 is 1.77 bits per heavy atom. The van der Waals surface area contributed by atoms with E-state index in [1.165, 1.54) is 16.7 Å². The number of rotatable bonds is 4. The third-order valence-corrected chi connectivity index (χ3v) is 6.14. The number of aliphatic carboxylic acids is 1. The van der Waals surface area contributed by atoms with Gasteiger partial charge in [-0.2, -0.15) is 0 Å². The van der Waals surface area contributed by atoms with Crippen LogP contribution >= 0.6 is 11.8 Å². The van der Waals surface area contributed by atoms with Gasteiger partial charge in [0.15, 0.2) is 0 Å². The van der Waals surface area contributed by atoms with Gasteiger partial charge in [-0.3, -0.25) is 9.59 Å². The number of amides is 3. The van der Waals surface area contributed by atoms with Crippen LogP contribution in [0.25, 0.3) is 0 Å². The summed E-state index contributed by atoms with van der Waals surface area (Å²) in [5.74, 6) is -0.927. The molecule has 2 aliphatic rings. The van der Waals surface area contributed by atoms with Gasteiger partial charge in [-0.15, -0.1) is 11.8 Å². The number of carboxylic acids is 1. The topological polar surface area (TPSA) is 81.2 Å². The Balaban J connectivity index is 1.65. The Bertz CT molecular complexity index is 712. The summed E-state index contributed by atoms with van der Waals surface area (Å²) in [5.41, 5.74) is -1.06. The van der Waals surface area contributed by atoms with Crippen molar-refractivity contribution in [2.24, 2.45) is 11.3 Å². The van der Waals surface area contributed by atoms with Crippen LogP contribution in [-0.4, -0.2) is 83.7 Å². The number of hydrogen-bond donors (Lipinski definition) is 1. The molecule has 0 saturated carbocycles. The first kappa shape index (κ1) is 18.6. The van der Waals surface area contributed by atoms with E-state index in [4.69, 9.17) is 0 Å². The molecule has 1 N–H and O–H groups in total. The highest BCUT2D eigenvalue weighted by atomic mass is 32.2. The molecule has 2 aliphatic heterocycles. The van der Waals surface area contributed by atoms with Gasteiger partial charge in [0, 0.05) is 51.1 Å². The number of fused-ring (bicyclic) bond motifs is 1. The number of carboxylic acid groups (broad SMARTS) is 1. The predicted octanol–water partition coefficient (Wildman–Crippen LogP) is 1.31. The van der Waals surface area contributed by atoms with Crippen LogP contribution in [0.4, 0.5) is 4.79 Å². The second-order valence-corrected chi connectivity index (χ2v) is 8.14. The average molecular weight is 377 g/mol. The Morgan fingerprint density at radius 3 is 2.35 bits per heavy atom. The van der Waals surface area contributed by atoms with Crippen LogP contribution in [0.5, 0.6) is 0 Å². The Morgan fingerprint density at radius 1 is 1.15 bits per heavy atom. The highest BCUT2D eigenvalue weighted by Gasteiger charge is 2.59. The van der Waals surface area contributed by atoms with Gasteiger partial charge in [-0.1, -0.05) is 18.2 Å². The van der Waals surface area contributed by atoms with Crippen LogP contribution in [0.15, 0.2) is 35.2 Å². The highest BCUT2D eigenvalue weighted by molar-refractivity contribution is 8.00. The van der Waals surface area contributed by atoms with Gasteiger partial charge >= 0.3 is 12.0 Å². The summed E-state index contributed by atoms with van der Waals surface area (Å²) in [6.45, 7) is 1.08. The zero-order valence-electron chi connectivity index (χ0n) is 14.9. The van der Waals surface area contributed by atoms with Crippen molar-refractivity contribution in [3.05, 3.63) is 30.3 Å². The van der Waals surface area contributed by atoms with E-state index in [9.17, 15) is 19.5 Å². The lowest BCUT2D eigenvalue weighted by Crippen LogP contribution is -2.45. The van der Waals surface area contributed by atoms with Gasteiger partial charge < -0.3 is 19.8 Å². The quantitative estimate of drug-likeness (QED) is 0.800. The maximum atomic E-state index is 12.6. The summed E-state index contributed by atoms with van der Waals surface area (Å²) >= 11 is 1.45. The molecule has 2 fully saturated rings. The van der Waals surface area contributed by atoms with E-state index in [2.05, 4.69) is 0 Å². The fraction of sp³-hybridized carbons (Fsp3) is 0.500. The van der Waals surface area contributed by atoms with E-state index in [0.717, 1.165) is 4.90 Å². The Kier molecular flexibility index (Phi) is 5.13. The number of urea groups is 1. The molecular formula is C18H23N3O4S. The molecule has 2 heterocycles. The number of nitrogens with zero attached hydrogens (tertiary/aromatic N) is 3. The van der Waals surface area contributed by atoms with Gasteiger partial charge in [0.1, 0.15) is 5.41 Å². The first-order valence-electron chi connectivity index (χ1n) is 8.49.